The molecule has 2 heterocycles. The molecule has 0 spiro atoms. The predicted octanol–water partition coefficient (Wildman–Crippen LogP) is 1.08. The molecule has 0 saturated carbocycles. The maximum atomic E-state index is 11.6. The summed E-state index contributed by atoms with van der Waals surface area (Å²) in [6.07, 6.45) is 1.49. The fourth-order valence-corrected chi connectivity index (χ4v) is 2.03. The smallest absolute Gasteiger partial charge is 0.323 e. The molecule has 6 nitrogen and oxygen atoms in total. The van der Waals surface area contributed by atoms with Gasteiger partial charge < -0.3 is 15.0 Å². The first-order chi connectivity index (χ1) is 9.19. The van der Waals surface area contributed by atoms with Crippen molar-refractivity contribution in [2.24, 2.45) is 0 Å². The van der Waals surface area contributed by atoms with E-state index in [2.05, 4.69) is 15.0 Å². The maximum absolute atomic E-state index is 11.6. The molecular formula is C13H8N4O2. The number of imidazole rings is 1. The molecule has 0 radical (unpaired) electrons. The summed E-state index contributed by atoms with van der Waals surface area (Å²) in [6.45, 7) is 0. The second kappa shape index (κ2) is 3.99. The Morgan fingerprint density at radius 3 is 2.63 bits per heavy atom. The number of hydrogen-bond donors (Lipinski definition) is 3. The van der Waals surface area contributed by atoms with Crippen molar-refractivity contribution in [3.8, 4) is 17.2 Å². The van der Waals surface area contributed by atoms with Gasteiger partial charge in [0.2, 0.25) is 0 Å². The van der Waals surface area contributed by atoms with Gasteiger partial charge in [0.25, 0.3) is 5.56 Å². The Morgan fingerprint density at radius 1 is 1.05 bits per heavy atom. The molecule has 0 amide bonds. The van der Waals surface area contributed by atoms with E-state index in [9.17, 15) is 9.59 Å². The fourth-order valence-electron chi connectivity index (χ4n) is 2.03. The van der Waals surface area contributed by atoms with Crippen LogP contribution < -0.4 is 11.2 Å². The van der Waals surface area contributed by atoms with E-state index in [1.165, 1.54) is 6.20 Å². The Kier molecular flexibility index (Phi) is 2.32. The van der Waals surface area contributed by atoms with Gasteiger partial charge in [-0.1, -0.05) is 6.07 Å². The van der Waals surface area contributed by atoms with Gasteiger partial charge in [0.15, 0.2) is 0 Å². The van der Waals surface area contributed by atoms with E-state index in [1.54, 1.807) is 24.3 Å². The highest BCUT2D eigenvalue weighted by Crippen LogP contribution is 2.23. The lowest BCUT2D eigenvalue weighted by Crippen LogP contribution is -2.10. The van der Waals surface area contributed by atoms with Gasteiger partial charge in [-0.25, -0.2) is 4.79 Å². The number of benzene rings is 1. The molecular weight excluding hydrogens is 244 g/mol. The lowest BCUT2D eigenvalue weighted by atomic mass is 10.0. The molecule has 0 atom stereocenters. The van der Waals surface area contributed by atoms with Crippen LogP contribution in [0, 0.1) is 11.3 Å². The molecule has 0 aliphatic carbocycles. The van der Waals surface area contributed by atoms with Crippen LogP contribution in [0.25, 0.3) is 22.2 Å². The van der Waals surface area contributed by atoms with Crippen molar-refractivity contribution in [3.05, 3.63) is 56.9 Å². The van der Waals surface area contributed by atoms with Gasteiger partial charge in [-0.2, -0.15) is 5.26 Å². The van der Waals surface area contributed by atoms with Crippen molar-refractivity contribution < 1.29 is 0 Å². The number of nitrogens with one attached hydrogen (secondary N) is 3. The van der Waals surface area contributed by atoms with Crippen molar-refractivity contribution >= 4 is 11.0 Å². The first kappa shape index (κ1) is 11.0. The van der Waals surface area contributed by atoms with Crippen LogP contribution in [0.2, 0.25) is 0 Å². The summed E-state index contributed by atoms with van der Waals surface area (Å²) in [5.41, 5.74) is 1.88. The average molecular weight is 252 g/mol. The summed E-state index contributed by atoms with van der Waals surface area (Å²) in [4.78, 5) is 30.5. The van der Waals surface area contributed by atoms with Crippen LogP contribution in [0.5, 0.6) is 0 Å². The minimum Gasteiger partial charge on any atom is -0.328 e. The van der Waals surface area contributed by atoms with E-state index < -0.39 is 5.56 Å². The number of aromatic nitrogens is 3. The summed E-state index contributed by atoms with van der Waals surface area (Å²) >= 11 is 0. The third-order valence-electron chi connectivity index (χ3n) is 2.90. The zero-order valence-electron chi connectivity index (χ0n) is 9.65. The van der Waals surface area contributed by atoms with Crippen LogP contribution in [0.1, 0.15) is 5.56 Å². The molecule has 3 rings (SSSR count). The first-order valence-electron chi connectivity index (χ1n) is 5.53. The molecule has 0 aliphatic rings. The van der Waals surface area contributed by atoms with Crippen LogP contribution in [0.3, 0.4) is 0 Å². The maximum Gasteiger partial charge on any atom is 0.323 e. The number of nitriles is 1. The minimum absolute atomic E-state index is 0.0553. The number of H-pyrrole nitrogens is 3. The zero-order chi connectivity index (χ0) is 13.4. The van der Waals surface area contributed by atoms with Gasteiger partial charge >= 0.3 is 5.69 Å². The quantitative estimate of drug-likeness (QED) is 0.603. The van der Waals surface area contributed by atoms with Crippen LogP contribution in [-0.2, 0) is 0 Å². The minimum atomic E-state index is -0.428. The Labute approximate surface area is 106 Å². The number of hydrogen-bond acceptors (Lipinski definition) is 3. The zero-order valence-corrected chi connectivity index (χ0v) is 9.65. The van der Waals surface area contributed by atoms with Gasteiger partial charge in [-0.15, -0.1) is 0 Å². The highest BCUT2D eigenvalue weighted by atomic mass is 16.1. The van der Waals surface area contributed by atoms with Crippen LogP contribution in [-0.4, -0.2) is 15.0 Å². The number of aromatic amines is 3. The second-order valence-corrected chi connectivity index (χ2v) is 4.05. The molecule has 0 bridgehead atoms. The second-order valence-electron chi connectivity index (χ2n) is 4.05. The molecule has 19 heavy (non-hydrogen) atoms. The highest BCUT2D eigenvalue weighted by Gasteiger charge is 2.09. The average Bonchev–Trinajstić information content (AvgIpc) is 2.77. The normalized spacial score (nSPS) is 10.5. The molecule has 0 aliphatic heterocycles. The molecule has 2 aromatic heterocycles. The Balaban J connectivity index is 2.30. The Bertz CT molecular complexity index is 924. The number of pyridine rings is 1. The van der Waals surface area contributed by atoms with E-state index in [-0.39, 0.29) is 11.3 Å². The molecule has 1 aromatic carbocycles. The summed E-state index contributed by atoms with van der Waals surface area (Å²) in [6, 6.07) is 8.75. The summed E-state index contributed by atoms with van der Waals surface area (Å²) in [7, 11) is 0. The molecule has 3 N–H and O–H groups in total. The summed E-state index contributed by atoms with van der Waals surface area (Å²) < 4.78 is 0. The molecule has 0 fully saturated rings. The lowest BCUT2D eigenvalue weighted by molar-refractivity contribution is 1.21. The van der Waals surface area contributed by atoms with Crippen molar-refractivity contribution in [1.29, 1.82) is 5.26 Å². The van der Waals surface area contributed by atoms with E-state index in [0.717, 1.165) is 0 Å². The summed E-state index contributed by atoms with van der Waals surface area (Å²) in [5, 5.41) is 9.04. The summed E-state index contributed by atoms with van der Waals surface area (Å²) in [5.74, 6) is 0. The van der Waals surface area contributed by atoms with Crippen LogP contribution in [0.15, 0.2) is 40.1 Å². The van der Waals surface area contributed by atoms with E-state index in [1.807, 2.05) is 6.07 Å². The van der Waals surface area contributed by atoms with Crippen molar-refractivity contribution in [2.75, 3.05) is 0 Å². The third kappa shape index (κ3) is 1.73. The molecule has 6 heteroatoms. The predicted molar refractivity (Wildman–Crippen MR) is 69.7 cm³/mol. The molecule has 3 aromatic rings. The van der Waals surface area contributed by atoms with Crippen LogP contribution >= 0.6 is 0 Å². The van der Waals surface area contributed by atoms with E-state index in [0.29, 0.717) is 22.2 Å². The van der Waals surface area contributed by atoms with Gasteiger partial charge in [-0.05, 0) is 23.8 Å². The molecule has 92 valence electrons. The van der Waals surface area contributed by atoms with Crippen molar-refractivity contribution in [2.45, 2.75) is 0 Å². The lowest BCUT2D eigenvalue weighted by Gasteiger charge is -2.03. The third-order valence-corrected chi connectivity index (χ3v) is 2.90. The Morgan fingerprint density at radius 2 is 1.84 bits per heavy atom. The van der Waals surface area contributed by atoms with Gasteiger partial charge in [0, 0.05) is 11.8 Å². The standard InChI is InChI=1S/C13H8N4O2/c14-6-9-8(3-4-15-12(9)18)7-1-2-10-11(5-7)17-13(19)16-10/h1-5H,(H,15,18)(H2,16,17,19). The van der Waals surface area contributed by atoms with Gasteiger partial charge in [0.05, 0.1) is 11.0 Å². The Hall–Kier alpha value is -3.07. The van der Waals surface area contributed by atoms with Crippen molar-refractivity contribution in [3.63, 3.8) is 0 Å². The largest absolute Gasteiger partial charge is 0.328 e. The monoisotopic (exact) mass is 252 g/mol. The van der Waals surface area contributed by atoms with E-state index >= 15 is 0 Å². The number of rotatable bonds is 1. The number of fused-ring (bicyclic) bond motifs is 1. The highest BCUT2D eigenvalue weighted by molar-refractivity contribution is 5.82. The van der Waals surface area contributed by atoms with E-state index in [4.69, 9.17) is 5.26 Å². The van der Waals surface area contributed by atoms with Gasteiger partial charge in [-0.3, -0.25) is 4.79 Å². The van der Waals surface area contributed by atoms with Crippen molar-refractivity contribution in [1.82, 2.24) is 15.0 Å². The van der Waals surface area contributed by atoms with Gasteiger partial charge in [0.1, 0.15) is 11.6 Å². The SMILES string of the molecule is N#Cc1c(-c2ccc3[nH]c(=O)[nH]c3c2)cc[nH]c1=O. The fraction of sp³-hybridized carbons (Fsp3) is 0. The molecule has 0 unspecified atom stereocenters. The number of nitrogens with zero attached hydrogens (tertiary/aromatic N) is 1. The van der Waals surface area contributed by atoms with Crippen LogP contribution in [0.4, 0.5) is 0 Å². The first-order valence-corrected chi connectivity index (χ1v) is 5.53. The molecule has 0 saturated heterocycles. The topological polar surface area (TPSA) is 105 Å².